The summed E-state index contributed by atoms with van der Waals surface area (Å²) in [7, 11) is 1.51. The lowest BCUT2D eigenvalue weighted by Crippen LogP contribution is -2.21. The first-order valence-electron chi connectivity index (χ1n) is 9.13. The highest BCUT2D eigenvalue weighted by molar-refractivity contribution is 9.10. The number of hydrogen-bond acceptors (Lipinski definition) is 5. The Bertz CT molecular complexity index is 1040. The van der Waals surface area contributed by atoms with Crippen LogP contribution in [0.1, 0.15) is 15.9 Å². The number of amides is 1. The van der Waals surface area contributed by atoms with E-state index in [2.05, 4.69) is 21.2 Å². The van der Waals surface area contributed by atoms with Gasteiger partial charge in [0.1, 0.15) is 23.7 Å². The molecule has 0 aliphatic heterocycles. The molecule has 0 spiro atoms. The van der Waals surface area contributed by atoms with Gasteiger partial charge in [0.15, 0.2) is 6.61 Å². The van der Waals surface area contributed by atoms with E-state index in [4.69, 9.17) is 14.2 Å². The van der Waals surface area contributed by atoms with Crippen molar-refractivity contribution in [3.05, 3.63) is 88.4 Å². The van der Waals surface area contributed by atoms with E-state index in [-0.39, 0.29) is 12.2 Å². The predicted octanol–water partition coefficient (Wildman–Crippen LogP) is 4.83. The zero-order valence-electron chi connectivity index (χ0n) is 16.3. The molecule has 154 valence electrons. The summed E-state index contributed by atoms with van der Waals surface area (Å²) in [6, 6.07) is 21.4. The molecule has 3 aromatic rings. The van der Waals surface area contributed by atoms with Gasteiger partial charge in [-0.2, -0.15) is 0 Å². The summed E-state index contributed by atoms with van der Waals surface area (Å²) in [5.41, 5.74) is 1.68. The maximum absolute atomic E-state index is 12.5. The summed E-state index contributed by atoms with van der Waals surface area (Å²) in [5.74, 6) is -0.223. The minimum atomic E-state index is -0.645. The molecule has 0 unspecified atom stereocenters. The molecule has 0 saturated heterocycles. The van der Waals surface area contributed by atoms with Crippen molar-refractivity contribution >= 4 is 33.5 Å². The highest BCUT2D eigenvalue weighted by Gasteiger charge is 2.16. The predicted molar refractivity (Wildman–Crippen MR) is 117 cm³/mol. The zero-order valence-corrected chi connectivity index (χ0v) is 17.8. The first kappa shape index (κ1) is 21.4. The summed E-state index contributed by atoms with van der Waals surface area (Å²) < 4.78 is 17.1. The maximum atomic E-state index is 12.5. The molecule has 0 aromatic heterocycles. The fourth-order valence-corrected chi connectivity index (χ4v) is 3.07. The molecule has 1 N–H and O–H groups in total. The molecule has 7 heteroatoms. The number of carbonyl (C=O) groups excluding carboxylic acids is 2. The number of hydrogen-bond donors (Lipinski definition) is 1. The van der Waals surface area contributed by atoms with Gasteiger partial charge in [-0.15, -0.1) is 0 Å². The summed E-state index contributed by atoms with van der Waals surface area (Å²) in [5, 5.41) is 2.66. The van der Waals surface area contributed by atoms with Gasteiger partial charge < -0.3 is 19.5 Å². The van der Waals surface area contributed by atoms with Crippen LogP contribution in [0.2, 0.25) is 0 Å². The molecule has 0 heterocycles. The minimum absolute atomic E-state index is 0.245. The lowest BCUT2D eigenvalue weighted by molar-refractivity contribution is -0.119. The Kier molecular flexibility index (Phi) is 7.45. The second kappa shape index (κ2) is 10.5. The topological polar surface area (TPSA) is 73.9 Å². The monoisotopic (exact) mass is 469 g/mol. The van der Waals surface area contributed by atoms with Crippen molar-refractivity contribution < 1.29 is 23.8 Å². The standard InChI is InChI=1S/C23H20BrNO5/c1-28-21-13-7-5-11-19(21)25-22(26)15-30-23(27)17-9-3-6-12-20(17)29-14-16-8-2-4-10-18(16)24/h2-13H,14-15H2,1H3,(H,25,26). The molecule has 0 saturated carbocycles. The molecule has 30 heavy (non-hydrogen) atoms. The Morgan fingerprint density at radius 2 is 1.57 bits per heavy atom. The van der Waals surface area contributed by atoms with Gasteiger partial charge in [-0.25, -0.2) is 4.79 Å². The maximum Gasteiger partial charge on any atom is 0.342 e. The third-order valence-electron chi connectivity index (χ3n) is 4.16. The third-order valence-corrected chi connectivity index (χ3v) is 4.94. The third kappa shape index (κ3) is 5.61. The molecule has 6 nitrogen and oxygen atoms in total. The van der Waals surface area contributed by atoms with E-state index in [1.807, 2.05) is 24.3 Å². The second-order valence-electron chi connectivity index (χ2n) is 6.20. The van der Waals surface area contributed by atoms with Crippen LogP contribution in [0.3, 0.4) is 0 Å². The lowest BCUT2D eigenvalue weighted by Gasteiger charge is -2.13. The molecule has 0 radical (unpaired) electrons. The highest BCUT2D eigenvalue weighted by atomic mass is 79.9. The summed E-state index contributed by atoms with van der Waals surface area (Å²) in [4.78, 5) is 24.7. The number of anilines is 1. The van der Waals surface area contributed by atoms with Crippen molar-refractivity contribution in [1.82, 2.24) is 0 Å². The smallest absolute Gasteiger partial charge is 0.342 e. The number of benzene rings is 3. The molecular formula is C23H20BrNO5. The lowest BCUT2D eigenvalue weighted by atomic mass is 10.2. The van der Waals surface area contributed by atoms with Crippen molar-refractivity contribution in [3.63, 3.8) is 0 Å². The van der Waals surface area contributed by atoms with Crippen LogP contribution in [0.25, 0.3) is 0 Å². The first-order chi connectivity index (χ1) is 14.6. The molecule has 0 bridgehead atoms. The number of nitrogens with one attached hydrogen (secondary N) is 1. The van der Waals surface area contributed by atoms with Crippen LogP contribution in [-0.4, -0.2) is 25.6 Å². The number of carbonyl (C=O) groups is 2. The van der Waals surface area contributed by atoms with Gasteiger partial charge >= 0.3 is 5.97 Å². The molecule has 1 amide bonds. The van der Waals surface area contributed by atoms with E-state index in [1.165, 1.54) is 7.11 Å². The van der Waals surface area contributed by atoms with Gasteiger partial charge in [-0.05, 0) is 30.3 Å². The summed E-state index contributed by atoms with van der Waals surface area (Å²) >= 11 is 3.47. The Morgan fingerprint density at radius 1 is 0.900 bits per heavy atom. The molecule has 0 aliphatic carbocycles. The average molecular weight is 470 g/mol. The van der Waals surface area contributed by atoms with Crippen LogP contribution >= 0.6 is 15.9 Å². The number of methoxy groups -OCH3 is 1. The van der Waals surface area contributed by atoms with Crippen molar-refractivity contribution in [2.45, 2.75) is 6.61 Å². The van der Waals surface area contributed by atoms with Gasteiger partial charge in [0.25, 0.3) is 5.91 Å². The molecule has 0 aliphatic rings. The van der Waals surface area contributed by atoms with Crippen molar-refractivity contribution in [3.8, 4) is 11.5 Å². The first-order valence-corrected chi connectivity index (χ1v) is 9.93. The molecule has 0 atom stereocenters. The molecule has 0 fully saturated rings. The largest absolute Gasteiger partial charge is 0.495 e. The van der Waals surface area contributed by atoms with Crippen LogP contribution < -0.4 is 14.8 Å². The van der Waals surface area contributed by atoms with Crippen LogP contribution in [0.15, 0.2) is 77.3 Å². The van der Waals surface area contributed by atoms with Crippen molar-refractivity contribution in [2.24, 2.45) is 0 Å². The fourth-order valence-electron chi connectivity index (χ4n) is 2.68. The second-order valence-corrected chi connectivity index (χ2v) is 7.06. The van der Waals surface area contributed by atoms with Gasteiger partial charge in [0.05, 0.1) is 12.8 Å². The minimum Gasteiger partial charge on any atom is -0.495 e. The van der Waals surface area contributed by atoms with Gasteiger partial charge in [-0.1, -0.05) is 58.4 Å². The van der Waals surface area contributed by atoms with E-state index in [9.17, 15) is 9.59 Å². The van der Waals surface area contributed by atoms with Crippen LogP contribution in [0.5, 0.6) is 11.5 Å². The number of ether oxygens (including phenoxy) is 3. The number of halogens is 1. The Hall–Kier alpha value is -3.32. The van der Waals surface area contributed by atoms with Crippen LogP contribution in [0.4, 0.5) is 5.69 Å². The van der Waals surface area contributed by atoms with E-state index in [1.54, 1.807) is 48.5 Å². The number of esters is 1. The summed E-state index contributed by atoms with van der Waals surface area (Å²) in [6.45, 7) is -0.157. The average Bonchev–Trinajstić information content (AvgIpc) is 2.77. The Morgan fingerprint density at radius 3 is 2.33 bits per heavy atom. The van der Waals surface area contributed by atoms with Gasteiger partial charge in [-0.3, -0.25) is 4.79 Å². The van der Waals surface area contributed by atoms with E-state index < -0.39 is 18.5 Å². The van der Waals surface area contributed by atoms with Gasteiger partial charge in [0.2, 0.25) is 0 Å². The normalized spacial score (nSPS) is 10.2. The van der Waals surface area contributed by atoms with Gasteiger partial charge in [0, 0.05) is 10.0 Å². The summed E-state index contributed by atoms with van der Waals surface area (Å²) in [6.07, 6.45) is 0. The van der Waals surface area contributed by atoms with E-state index in [0.29, 0.717) is 17.2 Å². The van der Waals surface area contributed by atoms with Crippen molar-refractivity contribution in [2.75, 3.05) is 19.0 Å². The molecule has 3 aromatic carbocycles. The number of para-hydroxylation sites is 3. The highest BCUT2D eigenvalue weighted by Crippen LogP contribution is 2.24. The Balaban J connectivity index is 1.60. The van der Waals surface area contributed by atoms with Crippen LogP contribution in [-0.2, 0) is 16.1 Å². The zero-order chi connectivity index (χ0) is 21.3. The fraction of sp³-hybridized carbons (Fsp3) is 0.130. The quantitative estimate of drug-likeness (QED) is 0.478. The van der Waals surface area contributed by atoms with Crippen LogP contribution in [0, 0.1) is 0 Å². The molecule has 3 rings (SSSR count). The Labute approximate surface area is 182 Å². The van der Waals surface area contributed by atoms with E-state index in [0.717, 1.165) is 10.0 Å². The number of rotatable bonds is 8. The van der Waals surface area contributed by atoms with Crippen molar-refractivity contribution in [1.29, 1.82) is 0 Å². The van der Waals surface area contributed by atoms with E-state index >= 15 is 0 Å². The molecular weight excluding hydrogens is 450 g/mol. The SMILES string of the molecule is COc1ccccc1NC(=O)COC(=O)c1ccccc1OCc1ccccc1Br.